The van der Waals surface area contributed by atoms with Gasteiger partial charge in [-0.3, -0.25) is 4.79 Å². The van der Waals surface area contributed by atoms with Crippen LogP contribution >= 0.6 is 22.9 Å². The number of methoxy groups -OCH3 is 1. The zero-order valence-corrected chi connectivity index (χ0v) is 13.8. The van der Waals surface area contributed by atoms with Crippen molar-refractivity contribution in [3.8, 4) is 5.75 Å². The van der Waals surface area contributed by atoms with Gasteiger partial charge in [0.25, 0.3) is 15.9 Å². The molecular formula is C14H12ClNO4S2. The van der Waals surface area contributed by atoms with Gasteiger partial charge in [-0.2, -0.15) is 11.3 Å². The maximum atomic E-state index is 12.1. The highest BCUT2D eigenvalue weighted by atomic mass is 35.5. The maximum Gasteiger partial charge on any atom is 0.268 e. The monoisotopic (exact) mass is 357 g/mol. The Labute approximate surface area is 137 Å². The molecule has 0 saturated carbocycles. The molecule has 0 aliphatic rings. The third-order valence-corrected chi connectivity index (χ3v) is 4.53. The molecule has 0 saturated heterocycles. The molecule has 0 fully saturated rings. The summed E-state index contributed by atoms with van der Waals surface area (Å²) in [6, 6.07) is 6.08. The van der Waals surface area contributed by atoms with Gasteiger partial charge >= 0.3 is 0 Å². The lowest BCUT2D eigenvalue weighted by atomic mass is 10.2. The molecular weight excluding hydrogens is 346 g/mol. The van der Waals surface area contributed by atoms with E-state index in [0.717, 1.165) is 11.0 Å². The summed E-state index contributed by atoms with van der Waals surface area (Å²) < 4.78 is 30.8. The van der Waals surface area contributed by atoms with Crippen molar-refractivity contribution in [1.29, 1.82) is 0 Å². The average molecular weight is 358 g/mol. The fraction of sp³-hybridized carbons (Fsp3) is 0.0714. The predicted molar refractivity (Wildman–Crippen MR) is 87.7 cm³/mol. The second-order valence-electron chi connectivity index (χ2n) is 4.18. The normalized spacial score (nSPS) is 11.5. The molecule has 22 heavy (non-hydrogen) atoms. The van der Waals surface area contributed by atoms with Crippen LogP contribution in [0.25, 0.3) is 6.08 Å². The number of nitrogens with one attached hydrogen (secondary N) is 1. The van der Waals surface area contributed by atoms with E-state index in [1.165, 1.54) is 42.7 Å². The van der Waals surface area contributed by atoms with Gasteiger partial charge in [0.05, 0.1) is 18.1 Å². The highest BCUT2D eigenvalue weighted by molar-refractivity contribution is 7.93. The summed E-state index contributed by atoms with van der Waals surface area (Å²) in [6.07, 6.45) is 1.41. The molecule has 0 aliphatic carbocycles. The van der Waals surface area contributed by atoms with Crippen LogP contribution in [0, 0.1) is 0 Å². The Morgan fingerprint density at radius 3 is 2.77 bits per heavy atom. The molecule has 8 heteroatoms. The number of thiophene rings is 1. The first-order valence-electron chi connectivity index (χ1n) is 6.02. The van der Waals surface area contributed by atoms with E-state index >= 15 is 0 Å². The molecule has 0 unspecified atom stereocenters. The molecule has 1 aromatic carbocycles. The van der Waals surface area contributed by atoms with Crippen molar-refractivity contribution in [3.05, 3.63) is 56.6 Å². The molecule has 2 aromatic rings. The second kappa shape index (κ2) is 6.95. The lowest BCUT2D eigenvalue weighted by molar-refractivity contribution is 0.0979. The Morgan fingerprint density at radius 2 is 2.14 bits per heavy atom. The molecule has 0 atom stereocenters. The van der Waals surface area contributed by atoms with Gasteiger partial charge in [0.1, 0.15) is 5.75 Å². The van der Waals surface area contributed by atoms with Crippen LogP contribution in [0.15, 0.2) is 40.4 Å². The molecule has 1 amide bonds. The molecule has 1 aromatic heterocycles. The molecule has 0 bridgehead atoms. The first kappa shape index (κ1) is 16.5. The molecule has 0 radical (unpaired) electrons. The highest BCUT2D eigenvalue weighted by Crippen LogP contribution is 2.23. The molecule has 0 aliphatic heterocycles. The number of carbonyl (C=O) groups is 1. The predicted octanol–water partition coefficient (Wildman–Crippen LogP) is 3.14. The van der Waals surface area contributed by atoms with Crippen molar-refractivity contribution in [2.24, 2.45) is 0 Å². The van der Waals surface area contributed by atoms with E-state index in [1.54, 1.807) is 11.4 Å². The summed E-state index contributed by atoms with van der Waals surface area (Å²) in [7, 11) is -2.54. The van der Waals surface area contributed by atoms with Crippen LogP contribution in [0.1, 0.15) is 15.9 Å². The van der Waals surface area contributed by atoms with Crippen LogP contribution < -0.4 is 9.46 Å². The Bertz CT molecular complexity index is 798. The Hall–Kier alpha value is -1.83. The van der Waals surface area contributed by atoms with Crippen LogP contribution in [0.2, 0.25) is 5.02 Å². The molecule has 2 rings (SSSR count). The number of sulfonamides is 1. The van der Waals surface area contributed by atoms with E-state index in [0.29, 0.717) is 5.02 Å². The lowest BCUT2D eigenvalue weighted by Gasteiger charge is -2.08. The number of carbonyl (C=O) groups excluding carboxylic acids is 1. The van der Waals surface area contributed by atoms with Gasteiger partial charge in [-0.25, -0.2) is 13.1 Å². The van der Waals surface area contributed by atoms with E-state index in [1.807, 2.05) is 10.1 Å². The second-order valence-corrected chi connectivity index (χ2v) is 6.96. The standard InChI is InChI=1S/C14H12ClNO4S2/c1-20-13-8-11(15)2-3-12(13)14(17)16-22(18,19)7-5-10-4-6-21-9-10/h2-9H,1H3,(H,16,17)/b7-5+. The quantitative estimate of drug-likeness (QED) is 0.892. The van der Waals surface area contributed by atoms with Gasteiger partial charge in [-0.15, -0.1) is 0 Å². The minimum atomic E-state index is -3.90. The highest BCUT2D eigenvalue weighted by Gasteiger charge is 2.17. The molecule has 0 spiro atoms. The Kier molecular flexibility index (Phi) is 5.23. The largest absolute Gasteiger partial charge is 0.496 e. The number of halogens is 1. The SMILES string of the molecule is COc1cc(Cl)ccc1C(=O)NS(=O)(=O)/C=C/c1ccsc1. The number of ether oxygens (including phenoxy) is 1. The van der Waals surface area contributed by atoms with E-state index in [-0.39, 0.29) is 11.3 Å². The zero-order valence-electron chi connectivity index (χ0n) is 11.4. The van der Waals surface area contributed by atoms with Crippen molar-refractivity contribution < 1.29 is 17.9 Å². The van der Waals surface area contributed by atoms with Gasteiger partial charge in [0.2, 0.25) is 0 Å². The summed E-state index contributed by atoms with van der Waals surface area (Å²) in [5.74, 6) is -0.592. The maximum absolute atomic E-state index is 12.1. The zero-order chi connectivity index (χ0) is 16.2. The minimum Gasteiger partial charge on any atom is -0.496 e. The number of amides is 1. The third kappa shape index (κ3) is 4.33. The lowest BCUT2D eigenvalue weighted by Crippen LogP contribution is -2.29. The van der Waals surface area contributed by atoms with E-state index in [2.05, 4.69) is 0 Å². The van der Waals surface area contributed by atoms with Crippen LogP contribution in [0.5, 0.6) is 5.75 Å². The number of hydrogen-bond donors (Lipinski definition) is 1. The van der Waals surface area contributed by atoms with Crippen LogP contribution in [0.3, 0.4) is 0 Å². The fourth-order valence-corrected chi connectivity index (χ4v) is 3.17. The summed E-state index contributed by atoms with van der Waals surface area (Å²) in [4.78, 5) is 12.1. The number of rotatable bonds is 5. The van der Waals surface area contributed by atoms with Gasteiger partial charge < -0.3 is 4.74 Å². The van der Waals surface area contributed by atoms with Crippen LogP contribution in [0.4, 0.5) is 0 Å². The van der Waals surface area contributed by atoms with Crippen molar-refractivity contribution in [3.63, 3.8) is 0 Å². The minimum absolute atomic E-state index is 0.0828. The van der Waals surface area contributed by atoms with Crippen molar-refractivity contribution in [1.82, 2.24) is 4.72 Å². The smallest absolute Gasteiger partial charge is 0.268 e. The number of hydrogen-bond acceptors (Lipinski definition) is 5. The fourth-order valence-electron chi connectivity index (χ4n) is 1.61. The van der Waals surface area contributed by atoms with E-state index in [9.17, 15) is 13.2 Å². The first-order chi connectivity index (χ1) is 10.4. The number of benzene rings is 1. The van der Waals surface area contributed by atoms with E-state index < -0.39 is 15.9 Å². The van der Waals surface area contributed by atoms with Crippen LogP contribution in [-0.2, 0) is 10.0 Å². The van der Waals surface area contributed by atoms with Gasteiger partial charge in [0.15, 0.2) is 0 Å². The summed E-state index contributed by atoms with van der Waals surface area (Å²) in [5, 5.41) is 4.93. The van der Waals surface area contributed by atoms with Gasteiger partial charge in [0, 0.05) is 5.02 Å². The average Bonchev–Trinajstić information content (AvgIpc) is 2.97. The molecule has 116 valence electrons. The van der Waals surface area contributed by atoms with Gasteiger partial charge in [-0.1, -0.05) is 11.6 Å². The third-order valence-electron chi connectivity index (χ3n) is 2.63. The summed E-state index contributed by atoms with van der Waals surface area (Å²) in [5.41, 5.74) is 0.825. The Balaban J connectivity index is 2.17. The summed E-state index contributed by atoms with van der Waals surface area (Å²) >= 11 is 7.24. The topological polar surface area (TPSA) is 72.5 Å². The molecule has 1 heterocycles. The Morgan fingerprint density at radius 1 is 1.36 bits per heavy atom. The van der Waals surface area contributed by atoms with Gasteiger partial charge in [-0.05, 0) is 46.7 Å². The summed E-state index contributed by atoms with van der Waals surface area (Å²) in [6.45, 7) is 0. The van der Waals surface area contributed by atoms with Crippen molar-refractivity contribution in [2.75, 3.05) is 7.11 Å². The van der Waals surface area contributed by atoms with Crippen LogP contribution in [-0.4, -0.2) is 21.4 Å². The van der Waals surface area contributed by atoms with E-state index in [4.69, 9.17) is 16.3 Å². The molecule has 1 N–H and O–H groups in total. The van der Waals surface area contributed by atoms with Crippen molar-refractivity contribution in [2.45, 2.75) is 0 Å². The molecule has 5 nitrogen and oxygen atoms in total. The first-order valence-corrected chi connectivity index (χ1v) is 8.89. The van der Waals surface area contributed by atoms with Crippen molar-refractivity contribution >= 4 is 44.9 Å².